The Balaban J connectivity index is 3.00. The molecule has 0 unspecified atom stereocenters. The Morgan fingerprint density at radius 3 is 2.62 bits per heavy atom. The van der Waals surface area contributed by atoms with E-state index in [0.29, 0.717) is 0 Å². The van der Waals surface area contributed by atoms with Crippen LogP contribution in [0.3, 0.4) is 0 Å². The zero-order valence-electron chi connectivity index (χ0n) is 3.93. The van der Waals surface area contributed by atoms with E-state index in [9.17, 15) is 4.79 Å². The first kappa shape index (κ1) is 6.35. The molecule has 1 aromatic rings. The molecule has 0 fully saturated rings. The van der Waals surface area contributed by atoms with Crippen LogP contribution in [0.15, 0.2) is 12.1 Å². The van der Waals surface area contributed by atoms with Gasteiger partial charge in [-0.25, -0.2) is 0 Å². The average Bonchev–Trinajstić information content (AvgIpc) is 2.14. The van der Waals surface area contributed by atoms with E-state index in [2.05, 4.69) is 0 Å². The molecule has 0 radical (unpaired) electrons. The fourth-order valence-corrected chi connectivity index (χ4v) is 2.61. The third-order valence-electron chi connectivity index (χ3n) is 0.710. The summed E-state index contributed by atoms with van der Waals surface area (Å²) in [7, 11) is 0. The second-order valence-electron chi connectivity index (χ2n) is 1.26. The summed E-state index contributed by atoms with van der Waals surface area (Å²) in [6, 6.07) is 3.59. The molecule has 1 heterocycles. The number of carbonyl (C=O) groups excluding carboxylic acids is 1. The molecular formula is C5H3ClOTe. The molecule has 8 heavy (non-hydrogen) atoms. The van der Waals surface area contributed by atoms with E-state index in [1.807, 2.05) is 0 Å². The standard InChI is InChI=1S/C5H3ClOTe/c6-5-2-1-4(3-7)8-5/h1-3H. The molecule has 0 saturated heterocycles. The van der Waals surface area contributed by atoms with Crippen LogP contribution in [0.25, 0.3) is 0 Å². The fourth-order valence-electron chi connectivity index (χ4n) is 0.392. The minimum atomic E-state index is -0.427. The quantitative estimate of drug-likeness (QED) is 0.534. The average molecular weight is 242 g/mol. The molecule has 3 heteroatoms. The van der Waals surface area contributed by atoms with Crippen molar-refractivity contribution in [1.82, 2.24) is 0 Å². The number of halogens is 1. The van der Waals surface area contributed by atoms with Gasteiger partial charge in [-0.3, -0.25) is 0 Å². The summed E-state index contributed by atoms with van der Waals surface area (Å²) in [6.07, 6.45) is 0.883. The van der Waals surface area contributed by atoms with Crippen molar-refractivity contribution in [3.63, 3.8) is 0 Å². The van der Waals surface area contributed by atoms with Gasteiger partial charge in [0.2, 0.25) is 0 Å². The van der Waals surface area contributed by atoms with Crippen LogP contribution in [0.5, 0.6) is 0 Å². The number of rotatable bonds is 1. The van der Waals surface area contributed by atoms with E-state index in [-0.39, 0.29) is 0 Å². The van der Waals surface area contributed by atoms with E-state index < -0.39 is 20.4 Å². The normalized spacial score (nSPS) is 9.12. The molecule has 0 bridgehead atoms. The zero-order chi connectivity index (χ0) is 5.98. The molecule has 0 aliphatic rings. The van der Waals surface area contributed by atoms with Crippen LogP contribution < -0.4 is 0 Å². The first-order chi connectivity index (χ1) is 3.83. The van der Waals surface area contributed by atoms with Crippen LogP contribution in [0.2, 0.25) is 3.04 Å². The molecule has 1 rings (SSSR count). The molecule has 0 aromatic carbocycles. The Hall–Kier alpha value is 0.230. The minimum absolute atomic E-state index is 0.427. The summed E-state index contributed by atoms with van der Waals surface area (Å²) in [5.74, 6) is 0. The predicted octanol–water partition coefficient (Wildman–Crippen LogP) is 1.21. The Kier molecular flexibility index (Phi) is 2.13. The molecule has 0 spiro atoms. The van der Waals surface area contributed by atoms with Gasteiger partial charge in [-0.15, -0.1) is 0 Å². The summed E-state index contributed by atoms with van der Waals surface area (Å²) in [5.41, 5.74) is 0. The predicted molar refractivity (Wildman–Crippen MR) is 33.8 cm³/mol. The summed E-state index contributed by atoms with van der Waals surface area (Å²) in [6.45, 7) is 0. The van der Waals surface area contributed by atoms with E-state index in [1.54, 1.807) is 12.1 Å². The number of carbonyl (C=O) groups is 1. The van der Waals surface area contributed by atoms with Crippen LogP contribution in [0, 0.1) is 0 Å². The third kappa shape index (κ3) is 1.35. The molecule has 0 aliphatic carbocycles. The van der Waals surface area contributed by atoms with Gasteiger partial charge in [-0.05, 0) is 0 Å². The fraction of sp³-hybridized carbons (Fsp3) is 0. The van der Waals surface area contributed by atoms with Gasteiger partial charge in [0.05, 0.1) is 0 Å². The SMILES string of the molecule is O=Cc1ccc(Cl)[te]1. The number of hydrogen-bond acceptors (Lipinski definition) is 1. The van der Waals surface area contributed by atoms with Crippen LogP contribution >= 0.6 is 11.6 Å². The maximum absolute atomic E-state index is 10.0. The van der Waals surface area contributed by atoms with Gasteiger partial charge in [0.1, 0.15) is 0 Å². The molecule has 0 N–H and O–H groups in total. The molecule has 1 nitrogen and oxygen atoms in total. The Labute approximate surface area is 61.9 Å². The van der Waals surface area contributed by atoms with Gasteiger partial charge in [0, 0.05) is 0 Å². The van der Waals surface area contributed by atoms with Crippen molar-refractivity contribution in [1.29, 1.82) is 0 Å². The van der Waals surface area contributed by atoms with Crippen molar-refractivity contribution in [3.8, 4) is 0 Å². The molecule has 0 aliphatic heterocycles. The van der Waals surface area contributed by atoms with Gasteiger partial charge in [0.25, 0.3) is 0 Å². The third-order valence-corrected chi connectivity index (χ3v) is 3.63. The molecule has 42 valence electrons. The summed E-state index contributed by atoms with van der Waals surface area (Å²) in [4.78, 5) is 10.0. The zero-order valence-corrected chi connectivity index (χ0v) is 7.01. The summed E-state index contributed by atoms with van der Waals surface area (Å²) in [5, 5.41) is 0. The van der Waals surface area contributed by atoms with Crippen LogP contribution in [-0.2, 0) is 0 Å². The monoisotopic (exact) mass is 244 g/mol. The first-order valence-electron chi connectivity index (χ1n) is 2.03. The van der Waals surface area contributed by atoms with Crippen molar-refractivity contribution in [2.45, 2.75) is 0 Å². The van der Waals surface area contributed by atoms with Crippen LogP contribution in [0.4, 0.5) is 0 Å². The summed E-state index contributed by atoms with van der Waals surface area (Å²) >= 11 is 5.17. The second-order valence-corrected chi connectivity index (χ2v) is 5.55. The van der Waals surface area contributed by atoms with Crippen molar-refractivity contribution in [3.05, 3.63) is 18.8 Å². The van der Waals surface area contributed by atoms with Crippen molar-refractivity contribution in [2.75, 3.05) is 0 Å². The number of aldehydes is 1. The molecule has 0 saturated carbocycles. The van der Waals surface area contributed by atoms with E-state index in [4.69, 9.17) is 11.6 Å². The van der Waals surface area contributed by atoms with Gasteiger partial charge in [-0.1, -0.05) is 0 Å². The summed E-state index contributed by atoms with van der Waals surface area (Å²) < 4.78 is 1.76. The van der Waals surface area contributed by atoms with Crippen molar-refractivity contribution in [2.24, 2.45) is 0 Å². The first-order valence-corrected chi connectivity index (χ1v) is 4.74. The second kappa shape index (κ2) is 2.68. The van der Waals surface area contributed by atoms with Gasteiger partial charge >= 0.3 is 61.9 Å². The van der Waals surface area contributed by atoms with Crippen molar-refractivity contribution >= 4 is 38.3 Å². The van der Waals surface area contributed by atoms with Crippen LogP contribution in [0.1, 0.15) is 8.37 Å². The van der Waals surface area contributed by atoms with Crippen LogP contribution in [-0.4, -0.2) is 26.7 Å². The molecule has 0 amide bonds. The van der Waals surface area contributed by atoms with E-state index >= 15 is 0 Å². The Morgan fingerprint density at radius 2 is 2.38 bits per heavy atom. The molecule has 0 atom stereocenters. The van der Waals surface area contributed by atoms with E-state index in [0.717, 1.165) is 12.9 Å². The Morgan fingerprint density at radius 1 is 1.62 bits per heavy atom. The van der Waals surface area contributed by atoms with Gasteiger partial charge < -0.3 is 0 Å². The topological polar surface area (TPSA) is 17.1 Å². The molecular weight excluding hydrogens is 239 g/mol. The maximum atomic E-state index is 10.0. The Bertz CT molecular complexity index is 194. The van der Waals surface area contributed by atoms with Crippen molar-refractivity contribution < 1.29 is 4.79 Å². The van der Waals surface area contributed by atoms with Gasteiger partial charge in [0.15, 0.2) is 0 Å². The number of hydrogen-bond donors (Lipinski definition) is 0. The van der Waals surface area contributed by atoms with E-state index in [1.165, 1.54) is 0 Å². The van der Waals surface area contributed by atoms with Gasteiger partial charge in [-0.2, -0.15) is 0 Å². The molecule has 1 aromatic heterocycles.